The van der Waals surface area contributed by atoms with Crippen LogP contribution in [0.2, 0.25) is 0 Å². The maximum absolute atomic E-state index is 4.20. The van der Waals surface area contributed by atoms with E-state index in [9.17, 15) is 0 Å². The highest BCUT2D eigenvalue weighted by Gasteiger charge is 1.79. The van der Waals surface area contributed by atoms with Gasteiger partial charge < -0.3 is 0 Å². The lowest BCUT2D eigenvalue weighted by molar-refractivity contribution is 0.728. The molecule has 0 aromatic rings. The third-order valence-corrected chi connectivity index (χ3v) is 1.20. The van der Waals surface area contributed by atoms with E-state index in [4.69, 9.17) is 0 Å². The van der Waals surface area contributed by atoms with E-state index < -0.39 is 0 Å². The molecule has 1 heteroatoms. The molecule has 0 unspecified atom stereocenters. The first-order valence-corrected chi connectivity index (χ1v) is 3.90. The quantitative estimate of drug-likeness (QED) is 0.397. The van der Waals surface area contributed by atoms with E-state index in [1.807, 2.05) is 6.21 Å². The second kappa shape index (κ2) is 7.67. The fourth-order valence-electron chi connectivity index (χ4n) is 0.673. The summed E-state index contributed by atoms with van der Waals surface area (Å²) in [4.78, 5) is 4.20. The summed E-state index contributed by atoms with van der Waals surface area (Å²) in [5.41, 5.74) is 0. The van der Waals surface area contributed by atoms with Crippen molar-refractivity contribution in [2.24, 2.45) is 4.99 Å². The SMILES string of the molecule is CCC=NCCCCC. The zero-order valence-corrected chi connectivity index (χ0v) is 6.56. The van der Waals surface area contributed by atoms with Gasteiger partial charge in [-0.1, -0.05) is 26.7 Å². The molecule has 0 aromatic carbocycles. The molecule has 0 saturated carbocycles. The van der Waals surface area contributed by atoms with Gasteiger partial charge in [-0.3, -0.25) is 4.99 Å². The standard InChI is InChI=1S/C8H17N/c1-3-5-6-8-9-7-4-2/h7H,3-6,8H2,1-2H3. The molecule has 0 atom stereocenters. The molecule has 0 N–H and O–H groups in total. The number of hydrogen-bond donors (Lipinski definition) is 0. The van der Waals surface area contributed by atoms with Crippen LogP contribution in [0.4, 0.5) is 0 Å². The summed E-state index contributed by atoms with van der Waals surface area (Å²) in [5.74, 6) is 0. The van der Waals surface area contributed by atoms with Crippen molar-refractivity contribution in [3.05, 3.63) is 0 Å². The van der Waals surface area contributed by atoms with Crippen LogP contribution < -0.4 is 0 Å². The predicted molar refractivity (Wildman–Crippen MR) is 43.2 cm³/mol. The van der Waals surface area contributed by atoms with Gasteiger partial charge in [-0.05, 0) is 19.1 Å². The Bertz CT molecular complexity index is 67.0. The van der Waals surface area contributed by atoms with Crippen molar-refractivity contribution >= 4 is 6.21 Å². The van der Waals surface area contributed by atoms with Crippen LogP contribution in [0.15, 0.2) is 4.99 Å². The van der Waals surface area contributed by atoms with Crippen molar-refractivity contribution in [1.29, 1.82) is 0 Å². The lowest BCUT2D eigenvalue weighted by atomic mass is 10.2. The molecule has 0 radical (unpaired) electrons. The molecule has 1 nitrogen and oxygen atoms in total. The van der Waals surface area contributed by atoms with E-state index in [0.29, 0.717) is 0 Å². The molecule has 0 saturated heterocycles. The summed E-state index contributed by atoms with van der Waals surface area (Å²) in [6.45, 7) is 5.36. The smallest absolute Gasteiger partial charge is 0.0385 e. The van der Waals surface area contributed by atoms with Crippen molar-refractivity contribution in [3.8, 4) is 0 Å². The second-order valence-corrected chi connectivity index (χ2v) is 2.20. The minimum Gasteiger partial charge on any atom is -0.298 e. The van der Waals surface area contributed by atoms with E-state index in [-0.39, 0.29) is 0 Å². The average Bonchev–Trinajstić information content (AvgIpc) is 1.89. The largest absolute Gasteiger partial charge is 0.298 e. The van der Waals surface area contributed by atoms with Gasteiger partial charge in [0.05, 0.1) is 0 Å². The molecule has 0 aliphatic rings. The molecule has 0 amide bonds. The van der Waals surface area contributed by atoms with Gasteiger partial charge in [0.1, 0.15) is 0 Å². The fraction of sp³-hybridized carbons (Fsp3) is 0.875. The lowest BCUT2D eigenvalue weighted by Crippen LogP contribution is -1.80. The third-order valence-electron chi connectivity index (χ3n) is 1.20. The Kier molecular flexibility index (Phi) is 7.39. The van der Waals surface area contributed by atoms with Crippen molar-refractivity contribution < 1.29 is 0 Å². The van der Waals surface area contributed by atoms with Gasteiger partial charge in [-0.2, -0.15) is 0 Å². The maximum Gasteiger partial charge on any atom is 0.0385 e. The van der Waals surface area contributed by atoms with Gasteiger partial charge in [-0.25, -0.2) is 0 Å². The first-order chi connectivity index (χ1) is 4.41. The van der Waals surface area contributed by atoms with Gasteiger partial charge in [0, 0.05) is 6.54 Å². The Morgan fingerprint density at radius 2 is 2.00 bits per heavy atom. The number of hydrogen-bond acceptors (Lipinski definition) is 1. The maximum atomic E-state index is 4.20. The molecular weight excluding hydrogens is 110 g/mol. The summed E-state index contributed by atoms with van der Waals surface area (Å²) < 4.78 is 0. The van der Waals surface area contributed by atoms with Gasteiger partial charge in [0.15, 0.2) is 0 Å². The Morgan fingerprint density at radius 3 is 2.56 bits per heavy atom. The lowest BCUT2D eigenvalue weighted by Gasteiger charge is -1.90. The van der Waals surface area contributed by atoms with Crippen LogP contribution in [0, 0.1) is 0 Å². The molecule has 0 heterocycles. The molecular formula is C8H17N. The molecule has 0 aromatic heterocycles. The second-order valence-electron chi connectivity index (χ2n) is 2.20. The average molecular weight is 127 g/mol. The molecule has 9 heavy (non-hydrogen) atoms. The van der Waals surface area contributed by atoms with Gasteiger partial charge in [0.2, 0.25) is 0 Å². The Balaban J connectivity index is 2.82. The number of rotatable bonds is 5. The van der Waals surface area contributed by atoms with Gasteiger partial charge >= 0.3 is 0 Å². The predicted octanol–water partition coefficient (Wildman–Crippen LogP) is 2.66. The Labute approximate surface area is 58.2 Å². The number of aliphatic imine (C=N–C) groups is 1. The van der Waals surface area contributed by atoms with E-state index in [1.54, 1.807) is 0 Å². The molecule has 0 fully saturated rings. The summed E-state index contributed by atoms with van der Waals surface area (Å²) in [6.07, 6.45) is 6.94. The topological polar surface area (TPSA) is 12.4 Å². The van der Waals surface area contributed by atoms with E-state index in [0.717, 1.165) is 13.0 Å². The Hall–Kier alpha value is -0.330. The third kappa shape index (κ3) is 7.67. The van der Waals surface area contributed by atoms with Gasteiger partial charge in [-0.15, -0.1) is 0 Å². The summed E-state index contributed by atoms with van der Waals surface area (Å²) in [7, 11) is 0. The van der Waals surface area contributed by atoms with Crippen LogP contribution in [-0.4, -0.2) is 12.8 Å². The van der Waals surface area contributed by atoms with Crippen LogP contribution in [0.5, 0.6) is 0 Å². The highest BCUT2D eigenvalue weighted by atomic mass is 14.7. The van der Waals surface area contributed by atoms with E-state index in [1.165, 1.54) is 19.3 Å². The first kappa shape index (κ1) is 8.67. The normalized spacial score (nSPS) is 10.9. The summed E-state index contributed by atoms with van der Waals surface area (Å²) in [6, 6.07) is 0. The van der Waals surface area contributed by atoms with Crippen LogP contribution in [0.1, 0.15) is 39.5 Å². The monoisotopic (exact) mass is 127 g/mol. The fourth-order valence-corrected chi connectivity index (χ4v) is 0.673. The van der Waals surface area contributed by atoms with E-state index in [2.05, 4.69) is 18.8 Å². The van der Waals surface area contributed by atoms with Crippen molar-refractivity contribution in [1.82, 2.24) is 0 Å². The number of nitrogens with zero attached hydrogens (tertiary/aromatic N) is 1. The van der Waals surface area contributed by atoms with Crippen molar-refractivity contribution in [2.45, 2.75) is 39.5 Å². The van der Waals surface area contributed by atoms with Crippen molar-refractivity contribution in [3.63, 3.8) is 0 Å². The molecule has 0 bridgehead atoms. The Morgan fingerprint density at radius 1 is 1.22 bits per heavy atom. The minimum atomic E-state index is 1.03. The summed E-state index contributed by atoms with van der Waals surface area (Å²) in [5, 5.41) is 0. The molecule has 0 rings (SSSR count). The van der Waals surface area contributed by atoms with Gasteiger partial charge in [0.25, 0.3) is 0 Å². The van der Waals surface area contributed by atoms with Crippen molar-refractivity contribution in [2.75, 3.05) is 6.54 Å². The molecule has 54 valence electrons. The highest BCUT2D eigenvalue weighted by molar-refractivity contribution is 5.56. The summed E-state index contributed by atoms with van der Waals surface area (Å²) >= 11 is 0. The van der Waals surface area contributed by atoms with Crippen LogP contribution in [0.3, 0.4) is 0 Å². The van der Waals surface area contributed by atoms with Crippen LogP contribution in [0.25, 0.3) is 0 Å². The van der Waals surface area contributed by atoms with Crippen LogP contribution in [-0.2, 0) is 0 Å². The molecule has 0 aliphatic carbocycles. The van der Waals surface area contributed by atoms with Crippen LogP contribution >= 0.6 is 0 Å². The zero-order valence-electron chi connectivity index (χ0n) is 6.56. The highest BCUT2D eigenvalue weighted by Crippen LogP contribution is 1.92. The molecule has 0 spiro atoms. The minimum absolute atomic E-state index is 1.03. The number of unbranched alkanes of at least 4 members (excludes halogenated alkanes) is 2. The van der Waals surface area contributed by atoms with E-state index >= 15 is 0 Å². The zero-order chi connectivity index (χ0) is 6.95. The first-order valence-electron chi connectivity index (χ1n) is 3.90. The molecule has 0 aliphatic heterocycles.